The van der Waals surface area contributed by atoms with Gasteiger partial charge in [-0.25, -0.2) is 0 Å². The van der Waals surface area contributed by atoms with Gasteiger partial charge in [0.1, 0.15) is 0 Å². The third-order valence-corrected chi connectivity index (χ3v) is 4.90. The van der Waals surface area contributed by atoms with Gasteiger partial charge in [-0.15, -0.1) is 0 Å². The molecule has 0 aromatic heterocycles. The van der Waals surface area contributed by atoms with E-state index in [0.717, 1.165) is 11.8 Å². The number of rotatable bonds is 3. The fourth-order valence-electron chi connectivity index (χ4n) is 3.67. The molecule has 0 bridgehead atoms. The Bertz CT molecular complexity index is 280. The molecular formula is C17H32. The molecule has 0 heteroatoms. The Kier molecular flexibility index (Phi) is 4.86. The molecule has 0 heterocycles. The molecule has 0 spiro atoms. The van der Waals surface area contributed by atoms with Crippen LogP contribution in [0.1, 0.15) is 74.1 Å². The molecule has 0 amide bonds. The minimum atomic E-state index is 0.435. The normalized spacial score (nSPS) is 27.2. The van der Waals surface area contributed by atoms with Crippen LogP contribution < -0.4 is 0 Å². The molecule has 17 heavy (non-hydrogen) atoms. The Hall–Kier alpha value is -0.260. The van der Waals surface area contributed by atoms with E-state index >= 15 is 0 Å². The van der Waals surface area contributed by atoms with E-state index in [1.165, 1.54) is 25.7 Å². The highest BCUT2D eigenvalue weighted by Gasteiger charge is 2.37. The van der Waals surface area contributed by atoms with Crippen LogP contribution in [0.5, 0.6) is 0 Å². The maximum atomic E-state index is 2.51. The first kappa shape index (κ1) is 14.8. The summed E-state index contributed by atoms with van der Waals surface area (Å²) in [7, 11) is 0. The van der Waals surface area contributed by atoms with Gasteiger partial charge in [0.25, 0.3) is 0 Å². The van der Waals surface area contributed by atoms with Crippen LogP contribution in [0.25, 0.3) is 0 Å². The van der Waals surface area contributed by atoms with Crippen molar-refractivity contribution in [3.05, 3.63) is 11.1 Å². The highest BCUT2D eigenvalue weighted by Crippen LogP contribution is 2.49. The van der Waals surface area contributed by atoms with Crippen LogP contribution in [0.2, 0.25) is 0 Å². The Morgan fingerprint density at radius 1 is 0.882 bits per heavy atom. The summed E-state index contributed by atoms with van der Waals surface area (Å²) in [6.45, 7) is 16.9. The van der Waals surface area contributed by atoms with Crippen LogP contribution in [0.3, 0.4) is 0 Å². The molecule has 0 aliphatic heterocycles. The Balaban J connectivity index is 3.31. The van der Waals surface area contributed by atoms with Gasteiger partial charge in [0.2, 0.25) is 0 Å². The molecule has 1 atom stereocenters. The average molecular weight is 236 g/mol. The molecule has 0 saturated heterocycles. The predicted octanol–water partition coefficient (Wildman–Crippen LogP) is 5.83. The van der Waals surface area contributed by atoms with Crippen LogP contribution in [0.15, 0.2) is 11.1 Å². The Morgan fingerprint density at radius 3 is 1.88 bits per heavy atom. The lowest BCUT2D eigenvalue weighted by atomic mass is 9.65. The lowest BCUT2D eigenvalue weighted by molar-refractivity contribution is 0.231. The third kappa shape index (κ3) is 2.95. The van der Waals surface area contributed by atoms with Crippen LogP contribution in [0, 0.1) is 23.2 Å². The smallest absolute Gasteiger partial charge is 0.00880 e. The van der Waals surface area contributed by atoms with Crippen molar-refractivity contribution in [2.75, 3.05) is 0 Å². The summed E-state index contributed by atoms with van der Waals surface area (Å²) < 4.78 is 0. The van der Waals surface area contributed by atoms with Gasteiger partial charge in [0, 0.05) is 0 Å². The van der Waals surface area contributed by atoms with Crippen LogP contribution in [0.4, 0.5) is 0 Å². The molecule has 1 rings (SSSR count). The summed E-state index contributed by atoms with van der Waals surface area (Å²) in [5.41, 5.74) is 4.00. The first-order valence-electron chi connectivity index (χ1n) is 7.54. The van der Waals surface area contributed by atoms with Gasteiger partial charge in [-0.1, -0.05) is 66.0 Å². The van der Waals surface area contributed by atoms with Gasteiger partial charge < -0.3 is 0 Å². The Morgan fingerprint density at radius 2 is 1.47 bits per heavy atom. The average Bonchev–Trinajstić information content (AvgIpc) is 2.37. The predicted molar refractivity (Wildman–Crippen MR) is 78.1 cm³/mol. The van der Waals surface area contributed by atoms with E-state index in [2.05, 4.69) is 48.5 Å². The standard InChI is InChI=1S/C17H32/c1-12(2)15-10-8-9-11-17(7,14(5)6)16(15)13(3)4/h12-14H,8-11H2,1-7H3. The van der Waals surface area contributed by atoms with E-state index in [1.54, 1.807) is 11.1 Å². The summed E-state index contributed by atoms with van der Waals surface area (Å²) in [6.07, 6.45) is 5.52. The lowest BCUT2D eigenvalue weighted by Crippen LogP contribution is -2.29. The molecule has 0 saturated carbocycles. The molecule has 0 aromatic rings. The summed E-state index contributed by atoms with van der Waals surface area (Å²) >= 11 is 0. The van der Waals surface area contributed by atoms with Gasteiger partial charge in [-0.05, 0) is 42.4 Å². The lowest BCUT2D eigenvalue weighted by Gasteiger charge is -2.40. The molecule has 0 aromatic carbocycles. The SMILES string of the molecule is CC(C)C1=C(C(C)C)C(C)(C(C)C)CCCC1. The van der Waals surface area contributed by atoms with E-state index in [0.29, 0.717) is 11.3 Å². The van der Waals surface area contributed by atoms with Crippen molar-refractivity contribution in [2.24, 2.45) is 23.2 Å². The highest BCUT2D eigenvalue weighted by atomic mass is 14.4. The van der Waals surface area contributed by atoms with Gasteiger partial charge in [-0.2, -0.15) is 0 Å². The number of allylic oxidation sites excluding steroid dienone is 2. The second-order valence-electron chi connectivity index (χ2n) is 7.03. The van der Waals surface area contributed by atoms with Crippen LogP contribution in [-0.2, 0) is 0 Å². The molecular weight excluding hydrogens is 204 g/mol. The zero-order valence-electron chi connectivity index (χ0n) is 13.1. The fraction of sp³-hybridized carbons (Fsp3) is 0.882. The van der Waals surface area contributed by atoms with E-state index < -0.39 is 0 Å². The summed E-state index contributed by atoms with van der Waals surface area (Å²) in [5, 5.41) is 0. The van der Waals surface area contributed by atoms with Crippen LogP contribution in [-0.4, -0.2) is 0 Å². The molecule has 1 aliphatic rings. The largest absolute Gasteiger partial charge is 0.0676 e. The summed E-state index contributed by atoms with van der Waals surface area (Å²) in [6, 6.07) is 0. The van der Waals surface area contributed by atoms with E-state index in [4.69, 9.17) is 0 Å². The van der Waals surface area contributed by atoms with Crippen LogP contribution >= 0.6 is 0 Å². The van der Waals surface area contributed by atoms with E-state index in [1.807, 2.05) is 0 Å². The number of hydrogen-bond donors (Lipinski definition) is 0. The molecule has 1 unspecified atom stereocenters. The quantitative estimate of drug-likeness (QED) is 0.541. The maximum Gasteiger partial charge on any atom is -0.00880 e. The Labute approximate surface area is 109 Å². The third-order valence-electron chi connectivity index (χ3n) is 4.90. The summed E-state index contributed by atoms with van der Waals surface area (Å²) in [4.78, 5) is 0. The molecule has 100 valence electrons. The first-order chi connectivity index (χ1) is 7.80. The minimum Gasteiger partial charge on any atom is -0.0676 e. The maximum absolute atomic E-state index is 2.51. The van der Waals surface area contributed by atoms with Crippen molar-refractivity contribution in [2.45, 2.75) is 74.1 Å². The molecule has 1 aliphatic carbocycles. The summed E-state index contributed by atoms with van der Waals surface area (Å²) in [5.74, 6) is 2.19. The van der Waals surface area contributed by atoms with Crippen molar-refractivity contribution >= 4 is 0 Å². The molecule has 0 N–H and O–H groups in total. The highest BCUT2D eigenvalue weighted by molar-refractivity contribution is 5.27. The van der Waals surface area contributed by atoms with Gasteiger partial charge >= 0.3 is 0 Å². The zero-order valence-corrected chi connectivity index (χ0v) is 13.1. The molecule has 0 nitrogen and oxygen atoms in total. The second-order valence-corrected chi connectivity index (χ2v) is 7.03. The van der Waals surface area contributed by atoms with E-state index in [9.17, 15) is 0 Å². The van der Waals surface area contributed by atoms with Gasteiger partial charge in [0.05, 0.1) is 0 Å². The van der Waals surface area contributed by atoms with Crippen molar-refractivity contribution in [1.82, 2.24) is 0 Å². The monoisotopic (exact) mass is 236 g/mol. The van der Waals surface area contributed by atoms with Crippen molar-refractivity contribution in [3.63, 3.8) is 0 Å². The molecule has 0 fully saturated rings. The van der Waals surface area contributed by atoms with Gasteiger partial charge in [-0.3, -0.25) is 0 Å². The zero-order chi connectivity index (χ0) is 13.2. The minimum absolute atomic E-state index is 0.435. The number of hydrogen-bond acceptors (Lipinski definition) is 0. The van der Waals surface area contributed by atoms with Crippen molar-refractivity contribution < 1.29 is 0 Å². The fourth-order valence-corrected chi connectivity index (χ4v) is 3.67. The molecule has 0 radical (unpaired) electrons. The first-order valence-corrected chi connectivity index (χ1v) is 7.54. The van der Waals surface area contributed by atoms with Crippen molar-refractivity contribution in [3.8, 4) is 0 Å². The topological polar surface area (TPSA) is 0 Å². The van der Waals surface area contributed by atoms with Crippen molar-refractivity contribution in [1.29, 1.82) is 0 Å². The second kappa shape index (κ2) is 5.59. The van der Waals surface area contributed by atoms with E-state index in [-0.39, 0.29) is 0 Å². The van der Waals surface area contributed by atoms with Gasteiger partial charge in [0.15, 0.2) is 0 Å².